The standard InChI is InChI=1S/C13H16ClN3O3/c1-6-4-10(17(18)19)8(14)5-9(6)16-12-11(15)7-2-3-20-13(7)12/h4-5,7,11-13,16H,2-3,15H2,1H3. The molecule has 3 rings (SSSR count). The van der Waals surface area contributed by atoms with Gasteiger partial charge in [-0.05, 0) is 25.0 Å². The molecule has 1 aromatic rings. The number of nitro groups is 1. The summed E-state index contributed by atoms with van der Waals surface area (Å²) in [7, 11) is 0. The SMILES string of the molecule is Cc1cc([N+](=O)[O-])c(Cl)cc1NC1C(N)C2CCOC21. The van der Waals surface area contributed by atoms with Gasteiger partial charge in [-0.1, -0.05) is 11.6 Å². The number of hydrogen-bond donors (Lipinski definition) is 2. The number of fused-ring (bicyclic) bond motifs is 1. The maximum Gasteiger partial charge on any atom is 0.288 e. The molecular weight excluding hydrogens is 282 g/mol. The van der Waals surface area contributed by atoms with Gasteiger partial charge in [-0.3, -0.25) is 10.1 Å². The minimum atomic E-state index is -0.482. The second kappa shape index (κ2) is 4.87. The highest BCUT2D eigenvalue weighted by Gasteiger charge is 2.52. The van der Waals surface area contributed by atoms with Gasteiger partial charge in [0.25, 0.3) is 5.69 Å². The highest BCUT2D eigenvalue weighted by molar-refractivity contribution is 6.33. The zero-order valence-corrected chi connectivity index (χ0v) is 11.8. The Balaban J connectivity index is 1.81. The molecule has 1 aromatic carbocycles. The molecule has 1 saturated heterocycles. The van der Waals surface area contributed by atoms with Crippen molar-refractivity contribution in [2.24, 2.45) is 11.7 Å². The lowest BCUT2D eigenvalue weighted by molar-refractivity contribution is -0.384. The monoisotopic (exact) mass is 297 g/mol. The highest BCUT2D eigenvalue weighted by atomic mass is 35.5. The van der Waals surface area contributed by atoms with Crippen LogP contribution in [0.5, 0.6) is 0 Å². The lowest BCUT2D eigenvalue weighted by Gasteiger charge is -2.46. The third-order valence-electron chi connectivity index (χ3n) is 4.26. The van der Waals surface area contributed by atoms with Gasteiger partial charge < -0.3 is 15.8 Å². The fraction of sp³-hybridized carbons (Fsp3) is 0.538. The van der Waals surface area contributed by atoms with Crippen molar-refractivity contribution in [3.63, 3.8) is 0 Å². The predicted octanol–water partition coefficient (Wildman–Crippen LogP) is 2.08. The number of nitrogens with two attached hydrogens (primary N) is 1. The van der Waals surface area contributed by atoms with Gasteiger partial charge in [0.15, 0.2) is 0 Å². The molecule has 0 aromatic heterocycles. The van der Waals surface area contributed by atoms with Crippen LogP contribution in [0.4, 0.5) is 11.4 Å². The molecule has 0 amide bonds. The predicted molar refractivity (Wildman–Crippen MR) is 76.1 cm³/mol. The molecule has 0 spiro atoms. The van der Waals surface area contributed by atoms with Gasteiger partial charge >= 0.3 is 0 Å². The van der Waals surface area contributed by atoms with Gasteiger partial charge in [0.05, 0.1) is 17.1 Å². The van der Waals surface area contributed by atoms with E-state index in [2.05, 4.69) is 5.32 Å². The average molecular weight is 298 g/mol. The Morgan fingerprint density at radius 2 is 2.30 bits per heavy atom. The van der Waals surface area contributed by atoms with E-state index in [9.17, 15) is 10.1 Å². The lowest BCUT2D eigenvalue weighted by atomic mass is 9.72. The molecule has 4 unspecified atom stereocenters. The number of aryl methyl sites for hydroxylation is 1. The molecule has 0 bridgehead atoms. The fourth-order valence-electron chi connectivity index (χ4n) is 3.07. The quantitative estimate of drug-likeness (QED) is 0.658. The van der Waals surface area contributed by atoms with Gasteiger partial charge in [0, 0.05) is 30.3 Å². The molecule has 20 heavy (non-hydrogen) atoms. The zero-order valence-electron chi connectivity index (χ0n) is 11.0. The molecule has 6 nitrogen and oxygen atoms in total. The third-order valence-corrected chi connectivity index (χ3v) is 4.56. The molecule has 1 saturated carbocycles. The first-order chi connectivity index (χ1) is 9.49. The largest absolute Gasteiger partial charge is 0.378 e. The van der Waals surface area contributed by atoms with Crippen LogP contribution in [-0.2, 0) is 4.74 Å². The topological polar surface area (TPSA) is 90.4 Å². The Morgan fingerprint density at radius 3 is 3.00 bits per heavy atom. The van der Waals surface area contributed by atoms with Gasteiger partial charge in [0.1, 0.15) is 5.02 Å². The van der Waals surface area contributed by atoms with Crippen molar-refractivity contribution in [2.45, 2.75) is 31.5 Å². The number of nitro benzene ring substituents is 1. The number of nitrogens with one attached hydrogen (secondary N) is 1. The number of benzene rings is 1. The second-order valence-corrected chi connectivity index (χ2v) is 5.82. The van der Waals surface area contributed by atoms with E-state index in [0.717, 1.165) is 24.3 Å². The van der Waals surface area contributed by atoms with Gasteiger partial charge in [0.2, 0.25) is 0 Å². The molecule has 4 atom stereocenters. The summed E-state index contributed by atoms with van der Waals surface area (Å²) in [5.74, 6) is 0.418. The van der Waals surface area contributed by atoms with Crippen LogP contribution in [0.25, 0.3) is 0 Å². The Labute approximate surface area is 121 Å². The summed E-state index contributed by atoms with van der Waals surface area (Å²) >= 11 is 5.94. The zero-order chi connectivity index (χ0) is 14.4. The molecule has 1 aliphatic heterocycles. The van der Waals surface area contributed by atoms with Gasteiger partial charge in [-0.15, -0.1) is 0 Å². The van der Waals surface area contributed by atoms with E-state index in [1.54, 1.807) is 6.07 Å². The number of nitrogens with zero attached hydrogens (tertiary/aromatic N) is 1. The molecule has 2 fully saturated rings. The molecule has 3 N–H and O–H groups in total. The minimum Gasteiger partial charge on any atom is -0.378 e. The van der Waals surface area contributed by atoms with Crippen molar-refractivity contribution in [1.82, 2.24) is 0 Å². The molecule has 0 radical (unpaired) electrons. The number of rotatable bonds is 3. The van der Waals surface area contributed by atoms with Crippen LogP contribution in [-0.4, -0.2) is 29.7 Å². The van der Waals surface area contributed by atoms with Crippen molar-refractivity contribution in [1.29, 1.82) is 0 Å². The van der Waals surface area contributed by atoms with E-state index in [4.69, 9.17) is 22.1 Å². The van der Waals surface area contributed by atoms with Crippen molar-refractivity contribution < 1.29 is 9.66 Å². The summed E-state index contributed by atoms with van der Waals surface area (Å²) in [5, 5.41) is 14.3. The molecule has 108 valence electrons. The van der Waals surface area contributed by atoms with Crippen LogP contribution in [0, 0.1) is 23.0 Å². The number of hydrogen-bond acceptors (Lipinski definition) is 5. The first kappa shape index (κ1) is 13.6. The summed E-state index contributed by atoms with van der Waals surface area (Å²) in [4.78, 5) is 10.4. The number of ether oxygens (including phenoxy) is 1. The van der Waals surface area contributed by atoms with E-state index in [1.807, 2.05) is 6.92 Å². The summed E-state index contributed by atoms with van der Waals surface area (Å²) in [5.41, 5.74) is 7.60. The molecule has 1 aliphatic carbocycles. The number of halogens is 1. The lowest BCUT2D eigenvalue weighted by Crippen LogP contribution is -2.65. The molecular formula is C13H16ClN3O3. The van der Waals surface area contributed by atoms with Crippen LogP contribution >= 0.6 is 11.6 Å². The summed E-state index contributed by atoms with van der Waals surface area (Å²) in [6, 6.07) is 3.15. The first-order valence-corrected chi connectivity index (χ1v) is 6.95. The Hall–Kier alpha value is -1.37. The minimum absolute atomic E-state index is 0.0405. The maximum absolute atomic E-state index is 10.8. The van der Waals surface area contributed by atoms with E-state index in [1.165, 1.54) is 6.07 Å². The van der Waals surface area contributed by atoms with Crippen LogP contribution in [0.1, 0.15) is 12.0 Å². The fourth-order valence-corrected chi connectivity index (χ4v) is 3.30. The Bertz CT molecular complexity index is 566. The second-order valence-electron chi connectivity index (χ2n) is 5.41. The summed E-state index contributed by atoms with van der Waals surface area (Å²) in [6.07, 6.45) is 1.14. The number of anilines is 1. The average Bonchev–Trinajstić information content (AvgIpc) is 2.83. The normalized spacial score (nSPS) is 31.6. The van der Waals surface area contributed by atoms with E-state index >= 15 is 0 Å². The summed E-state index contributed by atoms with van der Waals surface area (Å²) < 4.78 is 5.66. The summed E-state index contributed by atoms with van der Waals surface area (Å²) in [6.45, 7) is 2.56. The van der Waals surface area contributed by atoms with Crippen molar-refractivity contribution >= 4 is 23.0 Å². The first-order valence-electron chi connectivity index (χ1n) is 6.57. The van der Waals surface area contributed by atoms with E-state index in [-0.39, 0.29) is 28.9 Å². The smallest absolute Gasteiger partial charge is 0.288 e. The van der Waals surface area contributed by atoms with Gasteiger partial charge in [-0.25, -0.2) is 0 Å². The van der Waals surface area contributed by atoms with Crippen molar-refractivity contribution in [3.05, 3.63) is 32.8 Å². The van der Waals surface area contributed by atoms with Crippen LogP contribution in [0.3, 0.4) is 0 Å². The van der Waals surface area contributed by atoms with E-state index < -0.39 is 4.92 Å². The van der Waals surface area contributed by atoms with Crippen LogP contribution < -0.4 is 11.1 Å². The van der Waals surface area contributed by atoms with Crippen molar-refractivity contribution in [3.8, 4) is 0 Å². The van der Waals surface area contributed by atoms with E-state index in [0.29, 0.717) is 5.92 Å². The van der Waals surface area contributed by atoms with Crippen LogP contribution in [0.2, 0.25) is 5.02 Å². The molecule has 1 heterocycles. The van der Waals surface area contributed by atoms with Gasteiger partial charge in [-0.2, -0.15) is 0 Å². The highest BCUT2D eigenvalue weighted by Crippen LogP contribution is 2.40. The van der Waals surface area contributed by atoms with Crippen LogP contribution in [0.15, 0.2) is 12.1 Å². The Morgan fingerprint density at radius 1 is 1.55 bits per heavy atom. The molecule has 2 aliphatic rings. The third kappa shape index (κ3) is 2.04. The maximum atomic E-state index is 10.8. The Kier molecular flexibility index (Phi) is 3.32. The van der Waals surface area contributed by atoms with Crippen molar-refractivity contribution in [2.75, 3.05) is 11.9 Å². The molecule has 7 heteroatoms.